The molecule has 0 bridgehead atoms. The SMILES string of the molecule is CCOC(=O)c1cc2nc(CC3CCC(F)CC3)cc(Cl)n2n1. The standard InChI is InChI=1S/C16H19ClFN3O2/c1-2-23-16(22)13-9-15-19-12(8-14(17)21(15)20-13)7-10-3-5-11(18)6-4-10/h8-11H,2-7H2,1H3. The lowest BCUT2D eigenvalue weighted by Gasteiger charge is -2.23. The Morgan fingerprint density at radius 2 is 2.13 bits per heavy atom. The first-order valence-electron chi connectivity index (χ1n) is 7.93. The molecule has 1 aliphatic rings. The van der Waals surface area contributed by atoms with Gasteiger partial charge in [-0.05, 0) is 51.0 Å². The average Bonchev–Trinajstić information content (AvgIpc) is 2.95. The summed E-state index contributed by atoms with van der Waals surface area (Å²) < 4.78 is 19.6. The largest absolute Gasteiger partial charge is 0.461 e. The number of hydrogen-bond acceptors (Lipinski definition) is 4. The second-order valence-electron chi connectivity index (χ2n) is 5.91. The Balaban J connectivity index is 1.81. The molecule has 1 aliphatic carbocycles. The summed E-state index contributed by atoms with van der Waals surface area (Å²) in [7, 11) is 0. The van der Waals surface area contributed by atoms with Crippen molar-refractivity contribution in [1.29, 1.82) is 0 Å². The summed E-state index contributed by atoms with van der Waals surface area (Å²) >= 11 is 6.25. The van der Waals surface area contributed by atoms with Crippen molar-refractivity contribution >= 4 is 23.2 Å². The summed E-state index contributed by atoms with van der Waals surface area (Å²) in [5.41, 5.74) is 1.56. The monoisotopic (exact) mass is 339 g/mol. The van der Waals surface area contributed by atoms with E-state index in [2.05, 4.69) is 10.1 Å². The highest BCUT2D eigenvalue weighted by molar-refractivity contribution is 6.29. The van der Waals surface area contributed by atoms with Gasteiger partial charge in [-0.3, -0.25) is 0 Å². The number of alkyl halides is 1. The number of carbonyl (C=O) groups excluding carboxylic acids is 1. The molecule has 1 fully saturated rings. The number of halogens is 2. The molecule has 0 aromatic carbocycles. The van der Waals surface area contributed by atoms with E-state index in [-0.39, 0.29) is 12.3 Å². The lowest BCUT2D eigenvalue weighted by atomic mass is 9.85. The minimum absolute atomic E-state index is 0.191. The molecule has 0 N–H and O–H groups in total. The first kappa shape index (κ1) is 16.2. The summed E-state index contributed by atoms with van der Waals surface area (Å²) in [6, 6.07) is 3.34. The van der Waals surface area contributed by atoms with E-state index in [1.807, 2.05) is 0 Å². The van der Waals surface area contributed by atoms with Crippen LogP contribution in [0.25, 0.3) is 5.65 Å². The normalized spacial score (nSPS) is 21.5. The van der Waals surface area contributed by atoms with Gasteiger partial charge in [-0.2, -0.15) is 5.10 Å². The third kappa shape index (κ3) is 3.63. The zero-order chi connectivity index (χ0) is 16.4. The molecule has 0 spiro atoms. The predicted octanol–water partition coefficient (Wildman–Crippen LogP) is 3.63. The second kappa shape index (κ2) is 6.83. The molecular weight excluding hydrogens is 321 g/mol. The molecule has 0 aliphatic heterocycles. The van der Waals surface area contributed by atoms with Crippen molar-refractivity contribution in [2.45, 2.75) is 45.2 Å². The van der Waals surface area contributed by atoms with Crippen molar-refractivity contribution in [3.05, 3.63) is 28.7 Å². The van der Waals surface area contributed by atoms with Gasteiger partial charge in [0.25, 0.3) is 0 Å². The molecule has 0 amide bonds. The van der Waals surface area contributed by atoms with Crippen molar-refractivity contribution in [3.63, 3.8) is 0 Å². The maximum atomic E-state index is 13.2. The number of rotatable bonds is 4. The van der Waals surface area contributed by atoms with Gasteiger partial charge in [-0.15, -0.1) is 0 Å². The Kier molecular flexibility index (Phi) is 4.80. The zero-order valence-electron chi connectivity index (χ0n) is 13.0. The molecule has 124 valence electrons. The highest BCUT2D eigenvalue weighted by atomic mass is 35.5. The molecule has 2 heterocycles. The molecule has 23 heavy (non-hydrogen) atoms. The lowest BCUT2D eigenvalue weighted by molar-refractivity contribution is 0.0519. The predicted molar refractivity (Wildman–Crippen MR) is 84.5 cm³/mol. The van der Waals surface area contributed by atoms with Crippen LogP contribution in [0.2, 0.25) is 5.15 Å². The Labute approximate surface area is 138 Å². The average molecular weight is 340 g/mol. The van der Waals surface area contributed by atoms with E-state index in [4.69, 9.17) is 16.3 Å². The van der Waals surface area contributed by atoms with Gasteiger partial charge < -0.3 is 4.74 Å². The van der Waals surface area contributed by atoms with Crippen LogP contribution in [0.5, 0.6) is 0 Å². The van der Waals surface area contributed by atoms with Crippen LogP contribution in [0.4, 0.5) is 4.39 Å². The van der Waals surface area contributed by atoms with Crippen LogP contribution in [0.3, 0.4) is 0 Å². The van der Waals surface area contributed by atoms with Crippen molar-refractivity contribution in [1.82, 2.24) is 14.6 Å². The van der Waals surface area contributed by atoms with Gasteiger partial charge in [0.1, 0.15) is 11.3 Å². The Bertz CT molecular complexity index is 711. The summed E-state index contributed by atoms with van der Waals surface area (Å²) in [6.07, 6.45) is 3.11. The van der Waals surface area contributed by atoms with Crippen LogP contribution in [-0.4, -0.2) is 33.3 Å². The van der Waals surface area contributed by atoms with E-state index in [0.717, 1.165) is 25.0 Å². The maximum Gasteiger partial charge on any atom is 0.358 e. The summed E-state index contributed by atoms with van der Waals surface area (Å²) in [5.74, 6) is -0.0580. The van der Waals surface area contributed by atoms with Crippen molar-refractivity contribution < 1.29 is 13.9 Å². The molecule has 0 unspecified atom stereocenters. The van der Waals surface area contributed by atoms with Gasteiger partial charge in [0.15, 0.2) is 11.3 Å². The molecular formula is C16H19ClFN3O2. The van der Waals surface area contributed by atoms with Gasteiger partial charge in [-0.1, -0.05) is 11.6 Å². The second-order valence-corrected chi connectivity index (χ2v) is 6.30. The first-order valence-corrected chi connectivity index (χ1v) is 8.31. The van der Waals surface area contributed by atoms with Gasteiger partial charge in [0, 0.05) is 11.8 Å². The van der Waals surface area contributed by atoms with Crippen molar-refractivity contribution in [2.75, 3.05) is 6.61 Å². The third-order valence-corrected chi connectivity index (χ3v) is 4.46. The Hall–Kier alpha value is -1.69. The topological polar surface area (TPSA) is 56.5 Å². The van der Waals surface area contributed by atoms with Gasteiger partial charge in [0.05, 0.1) is 6.61 Å². The highest BCUT2D eigenvalue weighted by Crippen LogP contribution is 2.29. The number of aromatic nitrogens is 3. The summed E-state index contributed by atoms with van der Waals surface area (Å²) in [4.78, 5) is 16.3. The van der Waals surface area contributed by atoms with Crippen LogP contribution in [0.1, 0.15) is 48.8 Å². The van der Waals surface area contributed by atoms with E-state index in [1.54, 1.807) is 19.1 Å². The number of nitrogens with zero attached hydrogens (tertiary/aromatic N) is 3. The Morgan fingerprint density at radius 3 is 2.83 bits per heavy atom. The summed E-state index contributed by atoms with van der Waals surface area (Å²) in [6.45, 7) is 2.03. The molecule has 7 heteroatoms. The van der Waals surface area contributed by atoms with E-state index >= 15 is 0 Å². The number of esters is 1. The fourth-order valence-electron chi connectivity index (χ4n) is 3.02. The van der Waals surface area contributed by atoms with Gasteiger partial charge >= 0.3 is 5.97 Å². The molecule has 1 saturated carbocycles. The molecule has 5 nitrogen and oxygen atoms in total. The van der Waals surface area contributed by atoms with E-state index in [0.29, 0.717) is 29.6 Å². The highest BCUT2D eigenvalue weighted by Gasteiger charge is 2.22. The van der Waals surface area contributed by atoms with E-state index in [9.17, 15) is 9.18 Å². The molecule has 2 aromatic heterocycles. The van der Waals surface area contributed by atoms with Crippen LogP contribution in [-0.2, 0) is 11.2 Å². The molecule has 0 atom stereocenters. The fourth-order valence-corrected chi connectivity index (χ4v) is 3.27. The van der Waals surface area contributed by atoms with Crippen LogP contribution >= 0.6 is 11.6 Å². The molecule has 0 radical (unpaired) electrons. The Morgan fingerprint density at radius 1 is 1.39 bits per heavy atom. The number of hydrogen-bond donors (Lipinski definition) is 0. The molecule has 3 rings (SSSR count). The van der Waals surface area contributed by atoms with Crippen LogP contribution in [0, 0.1) is 5.92 Å². The van der Waals surface area contributed by atoms with E-state index < -0.39 is 12.1 Å². The smallest absolute Gasteiger partial charge is 0.358 e. The van der Waals surface area contributed by atoms with Crippen molar-refractivity contribution in [3.8, 4) is 0 Å². The lowest BCUT2D eigenvalue weighted by Crippen LogP contribution is -2.17. The number of carbonyl (C=O) groups is 1. The number of ether oxygens (including phenoxy) is 1. The summed E-state index contributed by atoms with van der Waals surface area (Å²) in [5, 5.41) is 4.53. The number of fused-ring (bicyclic) bond motifs is 1. The first-order chi connectivity index (χ1) is 11.1. The van der Waals surface area contributed by atoms with Crippen LogP contribution < -0.4 is 0 Å². The van der Waals surface area contributed by atoms with Crippen molar-refractivity contribution in [2.24, 2.45) is 5.92 Å². The quantitative estimate of drug-likeness (QED) is 0.630. The molecule has 0 saturated heterocycles. The van der Waals surface area contributed by atoms with Gasteiger partial charge in [0.2, 0.25) is 0 Å². The third-order valence-electron chi connectivity index (χ3n) is 4.20. The molecule has 2 aromatic rings. The van der Waals surface area contributed by atoms with Gasteiger partial charge in [-0.25, -0.2) is 18.7 Å². The minimum Gasteiger partial charge on any atom is -0.461 e. The minimum atomic E-state index is -0.660. The van der Waals surface area contributed by atoms with Crippen LogP contribution in [0.15, 0.2) is 12.1 Å². The van der Waals surface area contributed by atoms with E-state index in [1.165, 1.54) is 4.52 Å². The maximum absolute atomic E-state index is 13.2. The fraction of sp³-hybridized carbons (Fsp3) is 0.562. The zero-order valence-corrected chi connectivity index (χ0v) is 13.7.